The lowest BCUT2D eigenvalue weighted by Gasteiger charge is -2.04. The van der Waals surface area contributed by atoms with E-state index in [0.717, 1.165) is 0 Å². The van der Waals surface area contributed by atoms with Crippen molar-refractivity contribution in [2.75, 3.05) is 0 Å². The number of aryl methyl sites for hydroxylation is 1. The topological polar surface area (TPSA) is 12.9 Å². The van der Waals surface area contributed by atoms with Gasteiger partial charge in [-0.25, -0.2) is 4.39 Å². The van der Waals surface area contributed by atoms with Crippen LogP contribution in [-0.4, -0.2) is 4.98 Å². The van der Waals surface area contributed by atoms with Gasteiger partial charge in [0.05, 0.1) is 10.0 Å². The van der Waals surface area contributed by atoms with Crippen LogP contribution in [0.2, 0.25) is 10.0 Å². The second-order valence-corrected chi connectivity index (χ2v) is 3.80. The van der Waals surface area contributed by atoms with Crippen molar-refractivity contribution in [3.63, 3.8) is 0 Å². The van der Waals surface area contributed by atoms with Crippen molar-refractivity contribution in [2.24, 2.45) is 0 Å². The zero-order valence-electron chi connectivity index (χ0n) is 7.31. The second-order valence-electron chi connectivity index (χ2n) is 3.01. The van der Waals surface area contributed by atoms with E-state index in [-0.39, 0.29) is 11.3 Å². The normalized spacial score (nSPS) is 10.9. The van der Waals surface area contributed by atoms with Crippen LogP contribution >= 0.6 is 23.2 Å². The summed E-state index contributed by atoms with van der Waals surface area (Å²) in [6.07, 6.45) is 1.36. The van der Waals surface area contributed by atoms with Crippen LogP contribution in [-0.2, 0) is 0 Å². The highest BCUT2D eigenvalue weighted by Gasteiger charge is 2.10. The van der Waals surface area contributed by atoms with Crippen LogP contribution in [0.3, 0.4) is 0 Å². The lowest BCUT2D eigenvalue weighted by molar-refractivity contribution is 0.627. The molecule has 0 saturated heterocycles. The molecule has 1 aromatic heterocycles. The molecule has 1 aromatic carbocycles. The van der Waals surface area contributed by atoms with E-state index in [1.165, 1.54) is 6.20 Å². The van der Waals surface area contributed by atoms with Gasteiger partial charge in [0.1, 0.15) is 5.52 Å². The van der Waals surface area contributed by atoms with E-state index < -0.39 is 0 Å². The SMILES string of the molecule is Cc1ccc2c(Cl)c(Cl)cnc2c1F. The minimum absolute atomic E-state index is 0.263. The zero-order chi connectivity index (χ0) is 10.3. The lowest BCUT2D eigenvalue weighted by Crippen LogP contribution is -1.89. The van der Waals surface area contributed by atoms with Gasteiger partial charge < -0.3 is 0 Å². The average molecular weight is 230 g/mol. The highest BCUT2D eigenvalue weighted by atomic mass is 35.5. The molecule has 0 bridgehead atoms. The number of aromatic nitrogens is 1. The van der Waals surface area contributed by atoms with Gasteiger partial charge in [-0.05, 0) is 12.5 Å². The smallest absolute Gasteiger partial charge is 0.152 e. The van der Waals surface area contributed by atoms with Gasteiger partial charge in [-0.1, -0.05) is 35.3 Å². The van der Waals surface area contributed by atoms with Crippen molar-refractivity contribution >= 4 is 34.1 Å². The summed E-state index contributed by atoms with van der Waals surface area (Å²) in [7, 11) is 0. The molecule has 2 aromatic rings. The summed E-state index contributed by atoms with van der Waals surface area (Å²) in [6, 6.07) is 3.37. The number of rotatable bonds is 0. The molecule has 0 fully saturated rings. The molecule has 1 nitrogen and oxygen atoms in total. The molecule has 0 aliphatic rings. The molecule has 0 amide bonds. The van der Waals surface area contributed by atoms with Crippen LogP contribution in [0.25, 0.3) is 10.9 Å². The number of hydrogen-bond acceptors (Lipinski definition) is 1. The van der Waals surface area contributed by atoms with Crippen LogP contribution in [0, 0.1) is 12.7 Å². The highest BCUT2D eigenvalue weighted by Crippen LogP contribution is 2.30. The van der Waals surface area contributed by atoms with Crippen molar-refractivity contribution in [1.29, 1.82) is 0 Å². The molecule has 0 atom stereocenters. The van der Waals surface area contributed by atoms with E-state index in [1.54, 1.807) is 19.1 Å². The molecule has 0 saturated carbocycles. The third kappa shape index (κ3) is 1.35. The Balaban J connectivity index is 2.94. The number of benzene rings is 1. The quantitative estimate of drug-likeness (QED) is 0.666. The standard InChI is InChI=1S/C10H6Cl2FN/c1-5-2-3-6-8(12)7(11)4-14-10(6)9(5)13/h2-4H,1H3. The number of halogens is 3. The first kappa shape index (κ1) is 9.69. The van der Waals surface area contributed by atoms with Crippen LogP contribution in [0.1, 0.15) is 5.56 Å². The summed E-state index contributed by atoms with van der Waals surface area (Å²) in [5.74, 6) is -0.346. The Morgan fingerprint density at radius 2 is 2.00 bits per heavy atom. The fraction of sp³-hybridized carbons (Fsp3) is 0.100. The monoisotopic (exact) mass is 229 g/mol. The maximum atomic E-state index is 13.5. The Bertz CT molecular complexity index is 464. The van der Waals surface area contributed by atoms with Gasteiger partial charge in [0.2, 0.25) is 0 Å². The molecule has 1 heterocycles. The van der Waals surface area contributed by atoms with E-state index in [0.29, 0.717) is 21.0 Å². The van der Waals surface area contributed by atoms with Gasteiger partial charge in [0, 0.05) is 11.6 Å². The summed E-state index contributed by atoms with van der Waals surface area (Å²) < 4.78 is 13.5. The van der Waals surface area contributed by atoms with Crippen LogP contribution in [0.5, 0.6) is 0 Å². The van der Waals surface area contributed by atoms with E-state index in [4.69, 9.17) is 23.2 Å². The molecule has 0 N–H and O–H groups in total. The first-order valence-electron chi connectivity index (χ1n) is 4.00. The Kier molecular flexibility index (Phi) is 2.33. The summed E-state index contributed by atoms with van der Waals surface area (Å²) >= 11 is 11.7. The van der Waals surface area contributed by atoms with Gasteiger partial charge in [-0.15, -0.1) is 0 Å². The van der Waals surface area contributed by atoms with Gasteiger partial charge >= 0.3 is 0 Å². The Morgan fingerprint density at radius 3 is 2.71 bits per heavy atom. The molecule has 14 heavy (non-hydrogen) atoms. The van der Waals surface area contributed by atoms with Crippen LogP contribution < -0.4 is 0 Å². The van der Waals surface area contributed by atoms with Gasteiger partial charge in [0.15, 0.2) is 5.82 Å². The third-order valence-electron chi connectivity index (χ3n) is 2.06. The molecule has 72 valence electrons. The largest absolute Gasteiger partial charge is 0.251 e. The predicted octanol–water partition coefficient (Wildman–Crippen LogP) is 3.99. The summed E-state index contributed by atoms with van der Waals surface area (Å²) in [4.78, 5) is 3.91. The maximum absolute atomic E-state index is 13.5. The average Bonchev–Trinajstić information content (AvgIpc) is 2.17. The van der Waals surface area contributed by atoms with E-state index in [2.05, 4.69) is 4.98 Å². The zero-order valence-corrected chi connectivity index (χ0v) is 8.83. The molecule has 0 spiro atoms. The van der Waals surface area contributed by atoms with E-state index in [1.807, 2.05) is 0 Å². The molecule has 0 radical (unpaired) electrons. The van der Waals surface area contributed by atoms with E-state index >= 15 is 0 Å². The van der Waals surface area contributed by atoms with Crippen molar-refractivity contribution in [3.8, 4) is 0 Å². The van der Waals surface area contributed by atoms with Crippen LogP contribution in [0.4, 0.5) is 4.39 Å². The van der Waals surface area contributed by atoms with Gasteiger partial charge in [-0.3, -0.25) is 4.98 Å². The minimum atomic E-state index is -0.346. The maximum Gasteiger partial charge on any atom is 0.152 e. The molecule has 2 rings (SSSR count). The fourth-order valence-corrected chi connectivity index (χ4v) is 1.63. The molecule has 4 heteroatoms. The molecule has 0 aliphatic heterocycles. The Hall–Kier alpha value is -0.860. The molecular weight excluding hydrogens is 224 g/mol. The summed E-state index contributed by atoms with van der Waals surface area (Å²) in [5, 5.41) is 1.22. The van der Waals surface area contributed by atoms with Crippen molar-refractivity contribution in [3.05, 3.63) is 39.8 Å². The highest BCUT2D eigenvalue weighted by molar-refractivity contribution is 6.45. The van der Waals surface area contributed by atoms with Crippen LogP contribution in [0.15, 0.2) is 18.3 Å². The van der Waals surface area contributed by atoms with Gasteiger partial charge in [-0.2, -0.15) is 0 Å². The summed E-state index contributed by atoms with van der Waals surface area (Å²) in [5.41, 5.74) is 0.808. The number of fused-ring (bicyclic) bond motifs is 1. The number of hydrogen-bond donors (Lipinski definition) is 0. The van der Waals surface area contributed by atoms with Crippen molar-refractivity contribution in [1.82, 2.24) is 4.98 Å². The Morgan fingerprint density at radius 1 is 1.29 bits per heavy atom. The second kappa shape index (κ2) is 3.37. The lowest BCUT2D eigenvalue weighted by atomic mass is 10.1. The molecular formula is C10H6Cl2FN. The van der Waals surface area contributed by atoms with Crippen molar-refractivity contribution in [2.45, 2.75) is 6.92 Å². The Labute approximate surface area is 90.5 Å². The first-order chi connectivity index (χ1) is 6.61. The predicted molar refractivity (Wildman–Crippen MR) is 56.5 cm³/mol. The third-order valence-corrected chi connectivity index (χ3v) is 2.85. The number of nitrogens with zero attached hydrogens (tertiary/aromatic N) is 1. The summed E-state index contributed by atoms with van der Waals surface area (Å²) in [6.45, 7) is 1.68. The molecule has 0 aliphatic carbocycles. The molecule has 0 unspecified atom stereocenters. The van der Waals surface area contributed by atoms with E-state index in [9.17, 15) is 4.39 Å². The van der Waals surface area contributed by atoms with Crippen molar-refractivity contribution < 1.29 is 4.39 Å². The fourth-order valence-electron chi connectivity index (χ4n) is 1.28. The first-order valence-corrected chi connectivity index (χ1v) is 4.75. The van der Waals surface area contributed by atoms with Gasteiger partial charge in [0.25, 0.3) is 0 Å². The minimum Gasteiger partial charge on any atom is -0.251 e. The number of pyridine rings is 1.